The van der Waals surface area contributed by atoms with Gasteiger partial charge in [-0.1, -0.05) is 12.1 Å². The number of carbonyl (C=O) groups is 1. The van der Waals surface area contributed by atoms with Crippen LogP contribution in [0.5, 0.6) is 0 Å². The van der Waals surface area contributed by atoms with Crippen molar-refractivity contribution in [1.82, 2.24) is 9.88 Å². The van der Waals surface area contributed by atoms with Crippen LogP contribution in [0.3, 0.4) is 0 Å². The standard InChI is InChI=1S/C24H24N4O/c1-17(29)28-9-6-18(7-10-28)15-27-24-13-22(12-21-5-8-26-16-23(21)24)20-4-2-3-19(11-20)14-25/h2-5,8,11-13,16,18,27H,6-7,9-10,15H2,1H3. The summed E-state index contributed by atoms with van der Waals surface area (Å²) in [6, 6.07) is 16.2. The molecule has 0 spiro atoms. The molecule has 1 N–H and O–H groups in total. The number of rotatable bonds is 4. The van der Waals surface area contributed by atoms with E-state index in [1.165, 1.54) is 0 Å². The third-order valence-corrected chi connectivity index (χ3v) is 5.72. The molecule has 1 aliphatic heterocycles. The first-order chi connectivity index (χ1) is 14.1. The van der Waals surface area contributed by atoms with Crippen LogP contribution in [0.25, 0.3) is 21.9 Å². The Morgan fingerprint density at radius 3 is 2.79 bits per heavy atom. The van der Waals surface area contributed by atoms with Crippen molar-refractivity contribution in [2.75, 3.05) is 25.0 Å². The van der Waals surface area contributed by atoms with Gasteiger partial charge in [-0.15, -0.1) is 0 Å². The molecule has 1 fully saturated rings. The van der Waals surface area contributed by atoms with Crippen molar-refractivity contribution < 1.29 is 4.79 Å². The second-order valence-corrected chi connectivity index (χ2v) is 7.64. The van der Waals surface area contributed by atoms with Gasteiger partial charge >= 0.3 is 0 Å². The largest absolute Gasteiger partial charge is 0.384 e. The molecule has 5 nitrogen and oxygen atoms in total. The number of aromatic nitrogens is 1. The monoisotopic (exact) mass is 384 g/mol. The van der Waals surface area contributed by atoms with Gasteiger partial charge < -0.3 is 10.2 Å². The van der Waals surface area contributed by atoms with Crippen LogP contribution in [-0.2, 0) is 4.79 Å². The summed E-state index contributed by atoms with van der Waals surface area (Å²) in [5, 5.41) is 15.1. The van der Waals surface area contributed by atoms with Crippen molar-refractivity contribution >= 4 is 22.4 Å². The topological polar surface area (TPSA) is 69.0 Å². The van der Waals surface area contributed by atoms with Gasteiger partial charge in [0.1, 0.15) is 0 Å². The number of piperidine rings is 1. The molecule has 29 heavy (non-hydrogen) atoms. The Kier molecular flexibility index (Phi) is 5.44. The lowest BCUT2D eigenvalue weighted by Gasteiger charge is -2.31. The Bertz CT molecular complexity index is 1080. The first kappa shape index (κ1) is 18.9. The van der Waals surface area contributed by atoms with Gasteiger partial charge in [0.25, 0.3) is 0 Å². The maximum absolute atomic E-state index is 11.5. The summed E-state index contributed by atoms with van der Waals surface area (Å²) in [7, 11) is 0. The molecule has 1 aromatic heterocycles. The Hall–Kier alpha value is -3.39. The molecule has 1 aliphatic rings. The second-order valence-electron chi connectivity index (χ2n) is 7.64. The fraction of sp³-hybridized carbons (Fsp3) is 0.292. The number of hydrogen-bond donors (Lipinski definition) is 1. The molecule has 1 amide bonds. The van der Waals surface area contributed by atoms with Gasteiger partial charge in [0.2, 0.25) is 5.91 Å². The molecule has 5 heteroatoms. The normalized spacial score (nSPS) is 14.6. The lowest BCUT2D eigenvalue weighted by molar-refractivity contribution is -0.130. The number of carbonyl (C=O) groups excluding carboxylic acids is 1. The van der Waals surface area contributed by atoms with E-state index >= 15 is 0 Å². The molecule has 146 valence electrons. The van der Waals surface area contributed by atoms with Crippen molar-refractivity contribution in [2.24, 2.45) is 5.92 Å². The molecular weight excluding hydrogens is 360 g/mol. The molecule has 0 unspecified atom stereocenters. The zero-order valence-corrected chi connectivity index (χ0v) is 16.6. The number of nitrogens with one attached hydrogen (secondary N) is 1. The summed E-state index contributed by atoms with van der Waals surface area (Å²) in [4.78, 5) is 17.8. The van der Waals surface area contributed by atoms with Crippen LogP contribution < -0.4 is 5.32 Å². The van der Waals surface area contributed by atoms with Crippen molar-refractivity contribution in [3.63, 3.8) is 0 Å². The zero-order valence-electron chi connectivity index (χ0n) is 16.6. The number of amides is 1. The van der Waals surface area contributed by atoms with E-state index in [2.05, 4.69) is 28.5 Å². The highest BCUT2D eigenvalue weighted by molar-refractivity contribution is 5.97. The molecular formula is C24H24N4O. The minimum atomic E-state index is 0.167. The molecule has 2 aromatic carbocycles. The van der Waals surface area contributed by atoms with Gasteiger partial charge in [-0.25, -0.2) is 0 Å². The van der Waals surface area contributed by atoms with Crippen molar-refractivity contribution in [3.8, 4) is 17.2 Å². The van der Waals surface area contributed by atoms with E-state index in [0.717, 1.165) is 60.1 Å². The van der Waals surface area contributed by atoms with Crippen LogP contribution in [-0.4, -0.2) is 35.4 Å². The highest BCUT2D eigenvalue weighted by atomic mass is 16.2. The number of likely N-dealkylation sites (tertiary alicyclic amines) is 1. The van der Waals surface area contributed by atoms with Crippen LogP contribution >= 0.6 is 0 Å². The molecule has 0 atom stereocenters. The van der Waals surface area contributed by atoms with E-state index in [1.54, 1.807) is 13.1 Å². The molecule has 1 saturated heterocycles. The molecule has 0 radical (unpaired) electrons. The van der Waals surface area contributed by atoms with Crippen molar-refractivity contribution in [1.29, 1.82) is 5.26 Å². The number of pyridine rings is 1. The number of nitriles is 1. The van der Waals surface area contributed by atoms with Gasteiger partial charge in [-0.3, -0.25) is 9.78 Å². The van der Waals surface area contributed by atoms with Crippen molar-refractivity contribution in [3.05, 3.63) is 60.4 Å². The van der Waals surface area contributed by atoms with Gasteiger partial charge in [-0.2, -0.15) is 5.26 Å². The molecule has 3 aromatic rings. The summed E-state index contributed by atoms with van der Waals surface area (Å²) in [6.07, 6.45) is 5.74. The molecule has 0 saturated carbocycles. The minimum Gasteiger partial charge on any atom is -0.384 e. The molecule has 2 heterocycles. The minimum absolute atomic E-state index is 0.167. The van der Waals surface area contributed by atoms with E-state index in [1.807, 2.05) is 41.4 Å². The van der Waals surface area contributed by atoms with E-state index in [9.17, 15) is 10.1 Å². The van der Waals surface area contributed by atoms with Crippen LogP contribution in [0.15, 0.2) is 54.9 Å². The number of hydrogen-bond acceptors (Lipinski definition) is 4. The summed E-state index contributed by atoms with van der Waals surface area (Å²) >= 11 is 0. The van der Waals surface area contributed by atoms with Crippen LogP contribution in [0.1, 0.15) is 25.3 Å². The van der Waals surface area contributed by atoms with Gasteiger partial charge in [-0.05, 0) is 65.6 Å². The third kappa shape index (κ3) is 4.22. The lowest BCUT2D eigenvalue weighted by Crippen LogP contribution is -2.38. The number of anilines is 1. The number of benzene rings is 2. The maximum atomic E-state index is 11.5. The SMILES string of the molecule is CC(=O)N1CCC(CNc2cc(-c3cccc(C#N)c3)cc3ccncc23)CC1. The average molecular weight is 384 g/mol. The smallest absolute Gasteiger partial charge is 0.219 e. The summed E-state index contributed by atoms with van der Waals surface area (Å²) in [5.41, 5.74) is 3.82. The summed E-state index contributed by atoms with van der Waals surface area (Å²) < 4.78 is 0. The zero-order chi connectivity index (χ0) is 20.2. The lowest BCUT2D eigenvalue weighted by atomic mass is 9.96. The quantitative estimate of drug-likeness (QED) is 0.722. The van der Waals surface area contributed by atoms with Gasteiger partial charge in [0.15, 0.2) is 0 Å². The first-order valence-corrected chi connectivity index (χ1v) is 10.0. The van der Waals surface area contributed by atoms with Crippen molar-refractivity contribution in [2.45, 2.75) is 19.8 Å². The highest BCUT2D eigenvalue weighted by Gasteiger charge is 2.20. The molecule has 0 bridgehead atoms. The van der Waals surface area contributed by atoms with Crippen LogP contribution in [0, 0.1) is 17.2 Å². The summed E-state index contributed by atoms with van der Waals surface area (Å²) in [6.45, 7) is 4.19. The second kappa shape index (κ2) is 8.32. The Balaban J connectivity index is 1.58. The number of nitrogens with zero attached hydrogens (tertiary/aromatic N) is 3. The molecule has 0 aliphatic carbocycles. The highest BCUT2D eigenvalue weighted by Crippen LogP contribution is 2.31. The van der Waals surface area contributed by atoms with E-state index < -0.39 is 0 Å². The predicted octanol–water partition coefficient (Wildman–Crippen LogP) is 4.44. The first-order valence-electron chi connectivity index (χ1n) is 10.0. The fourth-order valence-electron chi connectivity index (χ4n) is 3.99. The maximum Gasteiger partial charge on any atom is 0.219 e. The fourth-order valence-corrected chi connectivity index (χ4v) is 3.99. The summed E-state index contributed by atoms with van der Waals surface area (Å²) in [5.74, 6) is 0.712. The van der Waals surface area contributed by atoms with E-state index in [4.69, 9.17) is 0 Å². The average Bonchev–Trinajstić information content (AvgIpc) is 2.77. The Labute approximate surface area is 171 Å². The third-order valence-electron chi connectivity index (χ3n) is 5.72. The van der Waals surface area contributed by atoms with Crippen LogP contribution in [0.4, 0.5) is 5.69 Å². The number of fused-ring (bicyclic) bond motifs is 1. The molecule has 4 rings (SSSR count). The van der Waals surface area contributed by atoms with E-state index in [-0.39, 0.29) is 5.91 Å². The Morgan fingerprint density at radius 2 is 2.03 bits per heavy atom. The van der Waals surface area contributed by atoms with E-state index in [0.29, 0.717) is 11.5 Å². The van der Waals surface area contributed by atoms with Gasteiger partial charge in [0.05, 0.1) is 11.6 Å². The van der Waals surface area contributed by atoms with Crippen LogP contribution in [0.2, 0.25) is 0 Å². The Morgan fingerprint density at radius 1 is 1.21 bits per heavy atom. The van der Waals surface area contributed by atoms with Gasteiger partial charge in [0, 0.05) is 50.0 Å². The predicted molar refractivity (Wildman–Crippen MR) is 115 cm³/mol.